The van der Waals surface area contributed by atoms with Gasteiger partial charge in [0.05, 0.1) is 12.6 Å². The number of carbonyl (C=O) groups excluding carboxylic acids is 1. The molecule has 6 nitrogen and oxygen atoms in total. The Kier molecular flexibility index (Phi) is 7.07. The van der Waals surface area contributed by atoms with E-state index in [9.17, 15) is 18.0 Å². The summed E-state index contributed by atoms with van der Waals surface area (Å²) in [5.74, 6) is -0.424. The summed E-state index contributed by atoms with van der Waals surface area (Å²) in [7, 11) is 0. The molecule has 0 aromatic heterocycles. The number of nitrogens with one attached hydrogen (secondary N) is 3. The van der Waals surface area contributed by atoms with Crippen molar-refractivity contribution in [2.75, 3.05) is 52.4 Å². The van der Waals surface area contributed by atoms with Crippen molar-refractivity contribution < 1.29 is 22.7 Å². The summed E-state index contributed by atoms with van der Waals surface area (Å²) in [6, 6.07) is -1.63. The molecule has 134 valence electrons. The number of alkyl halides is 3. The summed E-state index contributed by atoms with van der Waals surface area (Å²) in [6.07, 6.45) is -2.29. The van der Waals surface area contributed by atoms with E-state index >= 15 is 0 Å². The normalized spacial score (nSPS) is 24.6. The average molecular weight is 338 g/mol. The summed E-state index contributed by atoms with van der Waals surface area (Å²) >= 11 is 0. The van der Waals surface area contributed by atoms with E-state index in [4.69, 9.17) is 4.74 Å². The van der Waals surface area contributed by atoms with Gasteiger partial charge in [0.2, 0.25) is 5.91 Å². The summed E-state index contributed by atoms with van der Waals surface area (Å²) in [5.41, 5.74) is 0. The highest BCUT2D eigenvalue weighted by Gasteiger charge is 2.43. The van der Waals surface area contributed by atoms with Gasteiger partial charge in [-0.3, -0.25) is 9.69 Å². The Bertz CT molecular complexity index is 370. The molecular formula is C14H25F3N4O2. The summed E-state index contributed by atoms with van der Waals surface area (Å²) in [6.45, 7) is 2.60. The quantitative estimate of drug-likeness (QED) is 0.595. The molecule has 2 rings (SSSR count). The lowest BCUT2D eigenvalue weighted by Gasteiger charge is -2.35. The lowest BCUT2D eigenvalue weighted by atomic mass is 10.2. The van der Waals surface area contributed by atoms with Gasteiger partial charge in [-0.1, -0.05) is 0 Å². The Balaban J connectivity index is 1.70. The maximum Gasteiger partial charge on any atom is 0.405 e. The highest BCUT2D eigenvalue weighted by molar-refractivity contribution is 5.78. The van der Waals surface area contributed by atoms with Gasteiger partial charge in [-0.25, -0.2) is 0 Å². The van der Waals surface area contributed by atoms with Gasteiger partial charge >= 0.3 is 6.18 Å². The zero-order chi connectivity index (χ0) is 16.7. The van der Waals surface area contributed by atoms with Gasteiger partial charge in [0.25, 0.3) is 0 Å². The molecule has 2 aliphatic heterocycles. The second-order valence-electron chi connectivity index (χ2n) is 5.91. The predicted octanol–water partition coefficient (Wildman–Crippen LogP) is -0.293. The Morgan fingerprint density at radius 1 is 1.35 bits per heavy atom. The fourth-order valence-electron chi connectivity index (χ4n) is 2.87. The van der Waals surface area contributed by atoms with Crippen molar-refractivity contribution in [2.24, 2.45) is 0 Å². The van der Waals surface area contributed by atoms with Gasteiger partial charge in [0.1, 0.15) is 6.04 Å². The van der Waals surface area contributed by atoms with Crippen molar-refractivity contribution in [1.82, 2.24) is 20.9 Å². The summed E-state index contributed by atoms with van der Waals surface area (Å²) in [5, 5.41) is 8.34. The molecule has 0 bridgehead atoms. The van der Waals surface area contributed by atoms with Crippen molar-refractivity contribution in [1.29, 1.82) is 0 Å². The van der Waals surface area contributed by atoms with Crippen molar-refractivity contribution in [3.63, 3.8) is 0 Å². The van der Waals surface area contributed by atoms with E-state index in [-0.39, 0.29) is 12.6 Å². The van der Waals surface area contributed by atoms with E-state index in [2.05, 4.69) is 16.0 Å². The van der Waals surface area contributed by atoms with Crippen LogP contribution in [0.2, 0.25) is 0 Å². The Morgan fingerprint density at radius 2 is 2.09 bits per heavy atom. The van der Waals surface area contributed by atoms with Crippen LogP contribution in [0, 0.1) is 0 Å². The van der Waals surface area contributed by atoms with Crippen molar-refractivity contribution in [3.8, 4) is 0 Å². The van der Waals surface area contributed by atoms with Crippen LogP contribution in [0.3, 0.4) is 0 Å². The molecule has 0 aromatic carbocycles. The molecule has 3 N–H and O–H groups in total. The van der Waals surface area contributed by atoms with Gasteiger partial charge in [-0.15, -0.1) is 0 Å². The highest BCUT2D eigenvalue weighted by atomic mass is 19.4. The first-order valence-corrected chi connectivity index (χ1v) is 8.07. The van der Waals surface area contributed by atoms with Crippen LogP contribution in [-0.2, 0) is 9.53 Å². The van der Waals surface area contributed by atoms with Crippen LogP contribution in [0.4, 0.5) is 13.2 Å². The van der Waals surface area contributed by atoms with Gasteiger partial charge in [-0.2, -0.15) is 13.2 Å². The Hall–Kier alpha value is -0.900. The molecule has 2 atom stereocenters. The second kappa shape index (κ2) is 8.81. The molecule has 1 amide bonds. The Morgan fingerprint density at radius 3 is 2.70 bits per heavy atom. The van der Waals surface area contributed by atoms with Crippen LogP contribution >= 0.6 is 0 Å². The van der Waals surface area contributed by atoms with E-state index in [0.717, 1.165) is 19.4 Å². The minimum atomic E-state index is -4.35. The number of hydrogen-bond donors (Lipinski definition) is 3. The number of halogens is 3. The zero-order valence-corrected chi connectivity index (χ0v) is 13.1. The monoisotopic (exact) mass is 338 g/mol. The van der Waals surface area contributed by atoms with Crippen molar-refractivity contribution in [2.45, 2.75) is 31.2 Å². The number of nitrogens with zero attached hydrogens (tertiary/aromatic N) is 1. The zero-order valence-electron chi connectivity index (χ0n) is 13.1. The van der Waals surface area contributed by atoms with Gasteiger partial charge < -0.3 is 20.7 Å². The average Bonchev–Trinajstić information content (AvgIpc) is 3.00. The number of ether oxygens (including phenoxy) is 1. The standard InChI is InChI=1S/C14H25F3N4O2/c15-14(16,17)12(21-5-3-18-4-6-21)9-20-13(22)10-19-8-11-2-1-7-23-11/h11-12,18-19H,1-10H2,(H,20,22). The lowest BCUT2D eigenvalue weighted by molar-refractivity contribution is -0.184. The van der Waals surface area contributed by atoms with Crippen molar-refractivity contribution in [3.05, 3.63) is 0 Å². The first kappa shape index (κ1) is 18.4. The molecule has 2 fully saturated rings. The van der Waals surface area contributed by atoms with Crippen LogP contribution in [0.1, 0.15) is 12.8 Å². The van der Waals surface area contributed by atoms with E-state index in [1.165, 1.54) is 4.90 Å². The first-order chi connectivity index (χ1) is 11.0. The van der Waals surface area contributed by atoms with Gasteiger partial charge in [-0.05, 0) is 12.8 Å². The molecule has 9 heteroatoms. The third-order valence-corrected chi connectivity index (χ3v) is 4.14. The van der Waals surface area contributed by atoms with Gasteiger partial charge in [0, 0.05) is 45.9 Å². The fourth-order valence-corrected chi connectivity index (χ4v) is 2.87. The molecule has 2 aliphatic rings. The van der Waals surface area contributed by atoms with Crippen LogP contribution in [0.15, 0.2) is 0 Å². The number of rotatable bonds is 7. The molecular weight excluding hydrogens is 313 g/mol. The minimum Gasteiger partial charge on any atom is -0.377 e. The fraction of sp³-hybridized carbons (Fsp3) is 0.929. The summed E-state index contributed by atoms with van der Waals surface area (Å²) < 4.78 is 44.9. The third kappa shape index (κ3) is 6.25. The SMILES string of the molecule is O=C(CNCC1CCCO1)NCC(N1CCNCC1)C(F)(F)F. The molecule has 23 heavy (non-hydrogen) atoms. The number of carbonyl (C=O) groups is 1. The maximum absolute atomic E-state index is 13.2. The summed E-state index contributed by atoms with van der Waals surface area (Å²) in [4.78, 5) is 13.1. The van der Waals surface area contributed by atoms with Crippen LogP contribution in [0.25, 0.3) is 0 Å². The van der Waals surface area contributed by atoms with Crippen LogP contribution < -0.4 is 16.0 Å². The molecule has 2 saturated heterocycles. The van der Waals surface area contributed by atoms with E-state index in [1.807, 2.05) is 0 Å². The number of hydrogen-bond acceptors (Lipinski definition) is 5. The van der Waals surface area contributed by atoms with Crippen LogP contribution in [0.5, 0.6) is 0 Å². The predicted molar refractivity (Wildman–Crippen MR) is 79.1 cm³/mol. The third-order valence-electron chi connectivity index (χ3n) is 4.14. The van der Waals surface area contributed by atoms with Crippen LogP contribution in [-0.4, -0.2) is 81.5 Å². The molecule has 0 radical (unpaired) electrons. The van der Waals surface area contributed by atoms with E-state index in [1.54, 1.807) is 0 Å². The molecule has 2 unspecified atom stereocenters. The lowest BCUT2D eigenvalue weighted by Crippen LogP contribution is -2.58. The molecule has 0 aromatic rings. The smallest absolute Gasteiger partial charge is 0.377 e. The molecule has 0 saturated carbocycles. The molecule has 2 heterocycles. The largest absolute Gasteiger partial charge is 0.405 e. The molecule has 0 spiro atoms. The number of amides is 1. The highest BCUT2D eigenvalue weighted by Crippen LogP contribution is 2.24. The number of piperazine rings is 1. The minimum absolute atomic E-state index is 0.00595. The maximum atomic E-state index is 13.2. The van der Waals surface area contributed by atoms with E-state index < -0.39 is 24.7 Å². The molecule has 0 aliphatic carbocycles. The first-order valence-electron chi connectivity index (χ1n) is 8.07. The van der Waals surface area contributed by atoms with E-state index in [0.29, 0.717) is 32.7 Å². The van der Waals surface area contributed by atoms with Gasteiger partial charge in [0.15, 0.2) is 0 Å². The second-order valence-corrected chi connectivity index (χ2v) is 5.91. The van der Waals surface area contributed by atoms with Crippen molar-refractivity contribution >= 4 is 5.91 Å². The Labute approximate surface area is 134 Å². The topological polar surface area (TPSA) is 65.6 Å².